The van der Waals surface area contributed by atoms with Crippen LogP contribution in [0.15, 0.2) is 12.4 Å². The van der Waals surface area contributed by atoms with Crippen molar-refractivity contribution in [1.82, 2.24) is 9.80 Å². The summed E-state index contributed by atoms with van der Waals surface area (Å²) in [6.07, 6.45) is 42.5. The van der Waals surface area contributed by atoms with Gasteiger partial charge in [0.15, 0.2) is 0 Å². The van der Waals surface area contributed by atoms with E-state index in [0.29, 0.717) is 6.17 Å². The fraction of sp³-hybridized carbons (Fsp3) is 0.941. The Morgan fingerprint density at radius 3 is 0.972 bits per heavy atom. The van der Waals surface area contributed by atoms with Crippen molar-refractivity contribution in [3.8, 4) is 0 Å². The minimum atomic E-state index is 0.642. The summed E-state index contributed by atoms with van der Waals surface area (Å²) >= 11 is 0. The smallest absolute Gasteiger partial charge is 0.101 e. The molecule has 214 valence electrons. The maximum Gasteiger partial charge on any atom is 0.101 e. The highest BCUT2D eigenvalue weighted by Gasteiger charge is 2.24. The van der Waals surface area contributed by atoms with E-state index in [0.717, 1.165) is 0 Å². The van der Waals surface area contributed by atoms with Crippen LogP contribution in [0.4, 0.5) is 0 Å². The monoisotopic (exact) mass is 505 g/mol. The van der Waals surface area contributed by atoms with Crippen molar-refractivity contribution in [1.29, 1.82) is 0 Å². The van der Waals surface area contributed by atoms with Gasteiger partial charge >= 0.3 is 0 Å². The number of hydrogen-bond acceptors (Lipinski definition) is 2. The Morgan fingerprint density at radius 1 is 0.361 bits per heavy atom. The molecule has 0 amide bonds. The van der Waals surface area contributed by atoms with Gasteiger partial charge in [-0.2, -0.15) is 0 Å². The van der Waals surface area contributed by atoms with Crippen LogP contribution in [0.25, 0.3) is 0 Å². The Morgan fingerprint density at radius 2 is 0.639 bits per heavy atom. The molecular weight excluding hydrogens is 436 g/mol. The molecule has 0 N–H and O–H groups in total. The summed E-state index contributed by atoms with van der Waals surface area (Å²) < 4.78 is 0. The van der Waals surface area contributed by atoms with E-state index in [4.69, 9.17) is 0 Å². The van der Waals surface area contributed by atoms with E-state index in [2.05, 4.69) is 43.0 Å². The Kier molecular flexibility index (Phi) is 24.1. The SMILES string of the molecule is CCCCCCCCCCCCCN1C=CN(CCCCCCCCCC)C1CCCCCCCC. The molecule has 0 spiro atoms. The molecule has 1 aliphatic rings. The molecule has 1 aliphatic heterocycles. The average Bonchev–Trinajstić information content (AvgIpc) is 3.27. The van der Waals surface area contributed by atoms with Crippen LogP contribution >= 0.6 is 0 Å². The fourth-order valence-electron chi connectivity index (χ4n) is 5.83. The molecule has 2 nitrogen and oxygen atoms in total. The van der Waals surface area contributed by atoms with Gasteiger partial charge in [0, 0.05) is 25.5 Å². The lowest BCUT2D eigenvalue weighted by atomic mass is 10.1. The topological polar surface area (TPSA) is 6.48 Å². The molecular formula is C34H68N2. The molecule has 0 saturated carbocycles. The van der Waals surface area contributed by atoms with Crippen LogP contribution < -0.4 is 0 Å². The van der Waals surface area contributed by atoms with Gasteiger partial charge in [-0.15, -0.1) is 0 Å². The van der Waals surface area contributed by atoms with E-state index >= 15 is 0 Å². The Hall–Kier alpha value is -0.660. The van der Waals surface area contributed by atoms with E-state index in [1.807, 2.05) is 0 Å². The zero-order chi connectivity index (χ0) is 25.9. The quantitative estimate of drug-likeness (QED) is 0.0977. The van der Waals surface area contributed by atoms with Gasteiger partial charge < -0.3 is 9.80 Å². The summed E-state index contributed by atoms with van der Waals surface area (Å²) in [5.74, 6) is 0. The normalized spacial score (nSPS) is 15.5. The van der Waals surface area contributed by atoms with Gasteiger partial charge in [-0.25, -0.2) is 0 Å². The van der Waals surface area contributed by atoms with Crippen molar-refractivity contribution in [2.75, 3.05) is 13.1 Å². The summed E-state index contributed by atoms with van der Waals surface area (Å²) in [4.78, 5) is 5.40. The zero-order valence-corrected chi connectivity index (χ0v) is 25.4. The molecule has 0 aromatic rings. The molecule has 1 rings (SSSR count). The van der Waals surface area contributed by atoms with Gasteiger partial charge in [0.2, 0.25) is 0 Å². The van der Waals surface area contributed by atoms with Gasteiger partial charge in [-0.05, 0) is 25.7 Å². The minimum Gasteiger partial charge on any atom is -0.356 e. The molecule has 0 bridgehead atoms. The minimum absolute atomic E-state index is 0.642. The van der Waals surface area contributed by atoms with Gasteiger partial charge in [0.1, 0.15) is 6.17 Å². The van der Waals surface area contributed by atoms with Crippen LogP contribution in [0.3, 0.4) is 0 Å². The lowest BCUT2D eigenvalue weighted by Crippen LogP contribution is -2.39. The van der Waals surface area contributed by atoms with E-state index in [-0.39, 0.29) is 0 Å². The van der Waals surface area contributed by atoms with Crippen LogP contribution in [0.2, 0.25) is 0 Å². The van der Waals surface area contributed by atoms with Crippen LogP contribution in [0, 0.1) is 0 Å². The number of nitrogens with zero attached hydrogens (tertiary/aromatic N) is 2. The average molecular weight is 505 g/mol. The Balaban J connectivity index is 2.22. The molecule has 0 fully saturated rings. The molecule has 1 heterocycles. The van der Waals surface area contributed by atoms with Gasteiger partial charge in [-0.3, -0.25) is 0 Å². The van der Waals surface area contributed by atoms with E-state index in [1.165, 1.54) is 180 Å². The van der Waals surface area contributed by atoms with Crippen LogP contribution in [0.1, 0.15) is 188 Å². The van der Waals surface area contributed by atoms with Crippen molar-refractivity contribution < 1.29 is 0 Å². The first-order valence-corrected chi connectivity index (χ1v) is 17.0. The molecule has 0 aromatic carbocycles. The number of unbranched alkanes of at least 4 members (excludes halogenated alkanes) is 22. The highest BCUT2D eigenvalue weighted by atomic mass is 15.4. The van der Waals surface area contributed by atoms with E-state index in [9.17, 15) is 0 Å². The molecule has 0 aliphatic carbocycles. The summed E-state index contributed by atoms with van der Waals surface area (Å²) in [6.45, 7) is 9.47. The Bertz CT molecular complexity index is 460. The molecule has 2 heteroatoms. The first-order chi connectivity index (χ1) is 17.8. The van der Waals surface area contributed by atoms with Crippen LogP contribution in [0.5, 0.6) is 0 Å². The van der Waals surface area contributed by atoms with Gasteiger partial charge in [0.05, 0.1) is 0 Å². The van der Waals surface area contributed by atoms with Gasteiger partial charge in [0.25, 0.3) is 0 Å². The first kappa shape index (κ1) is 33.4. The third-order valence-corrected chi connectivity index (χ3v) is 8.32. The summed E-state index contributed by atoms with van der Waals surface area (Å²) in [7, 11) is 0. The maximum absolute atomic E-state index is 2.70. The highest BCUT2D eigenvalue weighted by molar-refractivity contribution is 4.97. The molecule has 0 aromatic heterocycles. The molecule has 0 saturated heterocycles. The second-order valence-electron chi connectivity index (χ2n) is 11.8. The summed E-state index contributed by atoms with van der Waals surface area (Å²) in [5.41, 5.74) is 0. The zero-order valence-electron chi connectivity index (χ0n) is 25.4. The largest absolute Gasteiger partial charge is 0.356 e. The fourth-order valence-corrected chi connectivity index (χ4v) is 5.83. The summed E-state index contributed by atoms with van der Waals surface area (Å²) in [5, 5.41) is 0. The predicted octanol–water partition coefficient (Wildman–Crippen LogP) is 11.6. The Labute approximate surface area is 229 Å². The van der Waals surface area contributed by atoms with Crippen LogP contribution in [-0.4, -0.2) is 29.1 Å². The summed E-state index contributed by atoms with van der Waals surface area (Å²) in [6, 6.07) is 0. The van der Waals surface area contributed by atoms with E-state index in [1.54, 1.807) is 0 Å². The highest BCUT2D eigenvalue weighted by Crippen LogP contribution is 2.24. The molecule has 1 atom stereocenters. The third-order valence-electron chi connectivity index (χ3n) is 8.32. The molecule has 36 heavy (non-hydrogen) atoms. The van der Waals surface area contributed by atoms with Crippen molar-refractivity contribution in [2.45, 2.75) is 194 Å². The third kappa shape index (κ3) is 18.6. The van der Waals surface area contributed by atoms with Crippen molar-refractivity contribution in [3.63, 3.8) is 0 Å². The lowest BCUT2D eigenvalue weighted by molar-refractivity contribution is 0.135. The maximum atomic E-state index is 2.70. The molecule has 0 radical (unpaired) electrons. The molecule has 1 unspecified atom stereocenters. The predicted molar refractivity (Wildman–Crippen MR) is 163 cm³/mol. The van der Waals surface area contributed by atoms with E-state index < -0.39 is 0 Å². The number of hydrogen-bond donors (Lipinski definition) is 0. The van der Waals surface area contributed by atoms with Crippen molar-refractivity contribution >= 4 is 0 Å². The number of rotatable bonds is 28. The van der Waals surface area contributed by atoms with Crippen LogP contribution in [-0.2, 0) is 0 Å². The standard InChI is InChI=1S/C34H68N2/c1-4-7-10-13-16-18-19-20-22-25-28-31-36-33-32-35(30-27-24-21-17-14-11-8-5-2)34(36)29-26-23-15-12-9-6-3/h32-34H,4-31H2,1-3H3. The lowest BCUT2D eigenvalue weighted by Gasteiger charge is -2.33. The van der Waals surface area contributed by atoms with Crippen molar-refractivity contribution in [2.24, 2.45) is 0 Å². The second kappa shape index (κ2) is 26.0. The van der Waals surface area contributed by atoms with Crippen molar-refractivity contribution in [3.05, 3.63) is 12.4 Å². The second-order valence-corrected chi connectivity index (χ2v) is 11.8. The van der Waals surface area contributed by atoms with Gasteiger partial charge in [-0.1, -0.05) is 162 Å². The first-order valence-electron chi connectivity index (χ1n) is 17.0.